The summed E-state index contributed by atoms with van der Waals surface area (Å²) in [7, 11) is -3.86. The highest BCUT2D eigenvalue weighted by Gasteiger charge is 2.25. The fourth-order valence-electron chi connectivity index (χ4n) is 2.96. The van der Waals surface area contributed by atoms with Crippen LogP contribution in [-0.2, 0) is 10.2 Å². The third-order valence-electron chi connectivity index (χ3n) is 4.84. The molecule has 1 fully saturated rings. The van der Waals surface area contributed by atoms with Crippen molar-refractivity contribution < 1.29 is 17.9 Å². The number of nitrogens with zero attached hydrogens (tertiary/aromatic N) is 4. The van der Waals surface area contributed by atoms with E-state index in [4.69, 9.17) is 14.9 Å². The summed E-state index contributed by atoms with van der Waals surface area (Å²) in [6.07, 6.45) is 14.3. The highest BCUT2D eigenvalue weighted by atomic mass is 79.9. The number of dihydropyridines is 1. The Labute approximate surface area is 210 Å². The number of allylic oxidation sites excluding steroid dienone is 4. The molecule has 0 atom stereocenters. The van der Waals surface area contributed by atoms with Crippen molar-refractivity contribution in [2.45, 2.75) is 12.8 Å². The van der Waals surface area contributed by atoms with Crippen molar-refractivity contribution in [3.63, 3.8) is 0 Å². The molecule has 14 heteroatoms. The van der Waals surface area contributed by atoms with Gasteiger partial charge in [0, 0.05) is 42.6 Å². The van der Waals surface area contributed by atoms with Crippen LogP contribution in [0.5, 0.6) is 11.9 Å². The summed E-state index contributed by atoms with van der Waals surface area (Å²) in [5.74, 6) is 0.599. The SMILES string of the molecule is N=C/C=C1/C=CC(c2c(NS(=O)(=O)NCC3CC3)ncnc2OCCOc2ncc(Br)cn2)=CN1. The zero-order chi connectivity index (χ0) is 24.7. The van der Waals surface area contributed by atoms with E-state index in [1.807, 2.05) is 0 Å². The Bertz CT molecular complexity index is 1260. The highest BCUT2D eigenvalue weighted by Crippen LogP contribution is 2.33. The van der Waals surface area contributed by atoms with E-state index in [0.29, 0.717) is 29.3 Å². The van der Waals surface area contributed by atoms with E-state index in [1.54, 1.807) is 36.8 Å². The second kappa shape index (κ2) is 11.4. The van der Waals surface area contributed by atoms with Gasteiger partial charge in [-0.3, -0.25) is 4.72 Å². The summed E-state index contributed by atoms with van der Waals surface area (Å²) >= 11 is 3.26. The minimum absolute atomic E-state index is 0.0626. The van der Waals surface area contributed by atoms with Gasteiger partial charge in [0.15, 0.2) is 5.82 Å². The number of aromatic nitrogens is 4. The Kier molecular flexibility index (Phi) is 8.05. The smallest absolute Gasteiger partial charge is 0.316 e. The molecule has 3 heterocycles. The molecule has 0 spiro atoms. The molecule has 0 amide bonds. The van der Waals surface area contributed by atoms with Gasteiger partial charge in [-0.15, -0.1) is 0 Å². The van der Waals surface area contributed by atoms with Gasteiger partial charge in [-0.25, -0.2) is 19.9 Å². The van der Waals surface area contributed by atoms with E-state index in [-0.39, 0.29) is 30.9 Å². The predicted octanol–water partition coefficient (Wildman–Crippen LogP) is 2.18. The molecule has 35 heavy (non-hydrogen) atoms. The van der Waals surface area contributed by atoms with Gasteiger partial charge in [0.25, 0.3) is 10.2 Å². The van der Waals surface area contributed by atoms with Crippen molar-refractivity contribution >= 4 is 43.7 Å². The van der Waals surface area contributed by atoms with Crippen molar-refractivity contribution in [1.82, 2.24) is 30.0 Å². The number of ether oxygens (including phenoxy) is 2. The third-order valence-corrected chi connectivity index (χ3v) is 6.26. The van der Waals surface area contributed by atoms with Crippen LogP contribution >= 0.6 is 15.9 Å². The highest BCUT2D eigenvalue weighted by molar-refractivity contribution is 9.10. The molecule has 1 aliphatic heterocycles. The topological polar surface area (TPSA) is 164 Å². The summed E-state index contributed by atoms with van der Waals surface area (Å²) in [5.41, 5.74) is 1.63. The Morgan fingerprint density at radius 1 is 1.14 bits per heavy atom. The molecular formula is C21H23BrN8O4S. The van der Waals surface area contributed by atoms with Crippen molar-refractivity contribution in [3.05, 3.63) is 58.9 Å². The van der Waals surface area contributed by atoms with Gasteiger partial charge in [-0.1, -0.05) is 6.08 Å². The van der Waals surface area contributed by atoms with Crippen LogP contribution in [0.1, 0.15) is 18.4 Å². The summed E-state index contributed by atoms with van der Waals surface area (Å²) in [5, 5.41) is 10.3. The van der Waals surface area contributed by atoms with Gasteiger partial charge in [0.2, 0.25) is 5.88 Å². The van der Waals surface area contributed by atoms with E-state index >= 15 is 0 Å². The molecular weight excluding hydrogens is 540 g/mol. The molecule has 4 rings (SSSR count). The van der Waals surface area contributed by atoms with E-state index in [1.165, 1.54) is 6.33 Å². The first kappa shape index (κ1) is 24.8. The Balaban J connectivity index is 1.52. The van der Waals surface area contributed by atoms with Gasteiger partial charge < -0.3 is 20.2 Å². The van der Waals surface area contributed by atoms with Gasteiger partial charge in [0.05, 0.1) is 10.0 Å². The predicted molar refractivity (Wildman–Crippen MR) is 133 cm³/mol. The van der Waals surface area contributed by atoms with Crippen molar-refractivity contribution in [2.75, 3.05) is 24.5 Å². The maximum absolute atomic E-state index is 12.6. The molecule has 2 aromatic rings. The summed E-state index contributed by atoms with van der Waals surface area (Å²) in [6, 6.07) is 0.197. The quantitative estimate of drug-likeness (QED) is 0.224. The van der Waals surface area contributed by atoms with Gasteiger partial charge in [-0.05, 0) is 46.8 Å². The Morgan fingerprint density at radius 3 is 2.60 bits per heavy atom. The lowest BCUT2D eigenvalue weighted by atomic mass is 10.1. The number of rotatable bonds is 12. The zero-order valence-corrected chi connectivity index (χ0v) is 20.8. The lowest BCUT2D eigenvalue weighted by molar-refractivity contribution is 0.201. The molecule has 1 saturated carbocycles. The van der Waals surface area contributed by atoms with E-state index < -0.39 is 10.2 Å². The van der Waals surface area contributed by atoms with Crippen LogP contribution in [0.4, 0.5) is 5.82 Å². The van der Waals surface area contributed by atoms with Gasteiger partial charge in [-0.2, -0.15) is 13.1 Å². The second-order valence-corrected chi connectivity index (χ2v) is 9.96. The molecule has 0 radical (unpaired) electrons. The minimum Gasteiger partial charge on any atom is -0.473 e. The number of anilines is 1. The van der Waals surface area contributed by atoms with Crippen LogP contribution in [0.3, 0.4) is 0 Å². The van der Waals surface area contributed by atoms with E-state index in [0.717, 1.165) is 23.5 Å². The normalized spacial score (nSPS) is 16.4. The molecule has 0 aromatic carbocycles. The molecule has 4 N–H and O–H groups in total. The van der Waals surface area contributed by atoms with Crippen molar-refractivity contribution in [3.8, 4) is 11.9 Å². The van der Waals surface area contributed by atoms with Crippen LogP contribution in [-0.4, -0.2) is 54.3 Å². The fourth-order valence-corrected chi connectivity index (χ4v) is 4.10. The molecule has 0 saturated heterocycles. The number of nitrogens with one attached hydrogen (secondary N) is 4. The molecule has 0 unspecified atom stereocenters. The van der Waals surface area contributed by atoms with Gasteiger partial charge in [0.1, 0.15) is 19.5 Å². The van der Waals surface area contributed by atoms with Gasteiger partial charge >= 0.3 is 6.01 Å². The van der Waals surface area contributed by atoms with E-state index in [9.17, 15) is 8.42 Å². The monoisotopic (exact) mass is 562 g/mol. The Hall–Kier alpha value is -3.36. The third kappa shape index (κ3) is 7.31. The molecule has 1 aliphatic carbocycles. The molecule has 2 aromatic heterocycles. The second-order valence-electron chi connectivity index (χ2n) is 7.55. The number of halogens is 1. The zero-order valence-electron chi connectivity index (χ0n) is 18.4. The van der Waals surface area contributed by atoms with Crippen LogP contribution in [0.25, 0.3) is 5.57 Å². The van der Waals surface area contributed by atoms with Crippen molar-refractivity contribution in [1.29, 1.82) is 5.41 Å². The van der Waals surface area contributed by atoms with Crippen LogP contribution in [0.15, 0.2) is 53.3 Å². The molecule has 184 valence electrons. The summed E-state index contributed by atoms with van der Waals surface area (Å²) < 4.78 is 42.3. The molecule has 0 bridgehead atoms. The average molecular weight is 563 g/mol. The standard InChI is InChI=1S/C21H23BrN8O4S/c22-16-11-25-21(26-12-16)34-8-7-33-20-18(15-3-4-17(5-6-23)24-10-15)19(27-13-28-20)30-35(31,32)29-9-14-1-2-14/h3-6,10-14,23-24,29H,1-2,7-9H2,(H,27,28,30)/b17-5-,23-6?. The maximum atomic E-state index is 12.6. The minimum atomic E-state index is -3.86. The summed E-state index contributed by atoms with van der Waals surface area (Å²) in [4.78, 5) is 16.4. The van der Waals surface area contributed by atoms with Crippen molar-refractivity contribution in [2.24, 2.45) is 5.92 Å². The lowest BCUT2D eigenvalue weighted by Crippen LogP contribution is -2.32. The first-order valence-corrected chi connectivity index (χ1v) is 12.9. The van der Waals surface area contributed by atoms with E-state index in [2.05, 4.69) is 50.6 Å². The Morgan fingerprint density at radius 2 is 1.91 bits per heavy atom. The van der Waals surface area contributed by atoms with Crippen LogP contribution < -0.4 is 24.2 Å². The van der Waals surface area contributed by atoms with Crippen LogP contribution in [0.2, 0.25) is 0 Å². The fraction of sp³-hybridized carbons (Fsp3) is 0.286. The number of hydrogen-bond donors (Lipinski definition) is 4. The molecule has 2 aliphatic rings. The maximum Gasteiger partial charge on any atom is 0.316 e. The lowest BCUT2D eigenvalue weighted by Gasteiger charge is -2.18. The average Bonchev–Trinajstić information content (AvgIpc) is 3.67. The largest absolute Gasteiger partial charge is 0.473 e. The first-order valence-electron chi connectivity index (χ1n) is 10.6. The van der Waals surface area contributed by atoms with Crippen LogP contribution in [0, 0.1) is 11.3 Å². The first-order chi connectivity index (χ1) is 16.9. The number of hydrogen-bond acceptors (Lipinski definition) is 10. The molecule has 12 nitrogen and oxygen atoms in total. The summed E-state index contributed by atoms with van der Waals surface area (Å²) in [6.45, 7) is 0.601.